The molecular weight excluding hydrogens is 204 g/mol. The maximum absolute atomic E-state index is 5.18. The molecule has 16 heavy (non-hydrogen) atoms. The molecule has 0 saturated carbocycles. The van der Waals surface area contributed by atoms with Crippen molar-refractivity contribution in [2.75, 3.05) is 13.2 Å². The molecule has 1 saturated heterocycles. The molecule has 3 rings (SSSR count). The van der Waals surface area contributed by atoms with Crippen molar-refractivity contribution in [3.8, 4) is 5.75 Å². The Hall–Kier alpha value is -1.58. The van der Waals surface area contributed by atoms with Crippen LogP contribution < -0.4 is 4.89 Å². The van der Waals surface area contributed by atoms with Crippen LogP contribution in [0.5, 0.6) is 5.75 Å². The Balaban J connectivity index is 1.71. The Morgan fingerprint density at radius 3 is 2.75 bits per heavy atom. The number of epoxide rings is 1. The number of hydrogen-bond donors (Lipinski definition) is 0. The molecule has 0 aromatic heterocycles. The lowest BCUT2D eigenvalue weighted by molar-refractivity contribution is -0.209. The van der Waals surface area contributed by atoms with Gasteiger partial charge in [-0.1, -0.05) is 30.3 Å². The highest BCUT2D eigenvalue weighted by molar-refractivity contribution is 5.83. The second-order valence-corrected chi connectivity index (χ2v) is 3.83. The quantitative estimate of drug-likeness (QED) is 0.447. The van der Waals surface area contributed by atoms with E-state index in [9.17, 15) is 0 Å². The van der Waals surface area contributed by atoms with E-state index in [0.29, 0.717) is 6.61 Å². The molecule has 1 heterocycles. The fourth-order valence-corrected chi connectivity index (χ4v) is 1.56. The average molecular weight is 216 g/mol. The minimum Gasteiger partial charge on any atom is -0.370 e. The molecule has 2 aromatic carbocycles. The molecular formula is C13H12O3. The van der Waals surface area contributed by atoms with Gasteiger partial charge in [-0.15, -0.1) is 0 Å². The van der Waals surface area contributed by atoms with Gasteiger partial charge in [0.05, 0.1) is 6.61 Å². The Morgan fingerprint density at radius 1 is 1.12 bits per heavy atom. The Morgan fingerprint density at radius 2 is 1.94 bits per heavy atom. The fraction of sp³-hybridized carbons (Fsp3) is 0.231. The van der Waals surface area contributed by atoms with E-state index in [-0.39, 0.29) is 6.10 Å². The van der Waals surface area contributed by atoms with Gasteiger partial charge in [0.25, 0.3) is 0 Å². The second-order valence-electron chi connectivity index (χ2n) is 3.83. The summed E-state index contributed by atoms with van der Waals surface area (Å²) < 4.78 is 5.01. The van der Waals surface area contributed by atoms with Crippen LogP contribution in [-0.2, 0) is 9.62 Å². The van der Waals surface area contributed by atoms with Crippen LogP contribution >= 0.6 is 0 Å². The van der Waals surface area contributed by atoms with Crippen molar-refractivity contribution in [1.82, 2.24) is 0 Å². The normalized spacial score (nSPS) is 18.6. The second kappa shape index (κ2) is 4.12. The average Bonchev–Trinajstić information content (AvgIpc) is 3.13. The predicted octanol–water partition coefficient (Wildman–Crippen LogP) is 2.55. The van der Waals surface area contributed by atoms with E-state index in [4.69, 9.17) is 14.5 Å². The Labute approximate surface area is 93.5 Å². The molecule has 2 aromatic rings. The zero-order valence-electron chi connectivity index (χ0n) is 8.76. The van der Waals surface area contributed by atoms with Gasteiger partial charge in [0.2, 0.25) is 0 Å². The zero-order chi connectivity index (χ0) is 10.8. The first-order valence-electron chi connectivity index (χ1n) is 5.32. The summed E-state index contributed by atoms with van der Waals surface area (Å²) in [5.41, 5.74) is 0. The number of ether oxygens (including phenoxy) is 1. The van der Waals surface area contributed by atoms with Gasteiger partial charge in [0, 0.05) is 0 Å². The molecule has 0 radical (unpaired) electrons. The van der Waals surface area contributed by atoms with Crippen molar-refractivity contribution >= 4 is 10.8 Å². The maximum Gasteiger partial charge on any atom is 0.166 e. The molecule has 1 atom stereocenters. The van der Waals surface area contributed by atoms with E-state index >= 15 is 0 Å². The molecule has 0 N–H and O–H groups in total. The molecule has 82 valence electrons. The van der Waals surface area contributed by atoms with E-state index in [2.05, 4.69) is 6.07 Å². The number of hydrogen-bond acceptors (Lipinski definition) is 3. The fourth-order valence-electron chi connectivity index (χ4n) is 1.56. The largest absolute Gasteiger partial charge is 0.370 e. The third kappa shape index (κ3) is 2.15. The highest BCUT2D eigenvalue weighted by Gasteiger charge is 2.23. The molecule has 1 aliphatic rings. The van der Waals surface area contributed by atoms with E-state index in [1.807, 2.05) is 36.4 Å². The van der Waals surface area contributed by atoms with Crippen LogP contribution in [0.3, 0.4) is 0 Å². The lowest BCUT2D eigenvalue weighted by atomic mass is 10.1. The summed E-state index contributed by atoms with van der Waals surface area (Å²) in [4.78, 5) is 10.3. The summed E-state index contributed by atoms with van der Waals surface area (Å²) in [6.45, 7) is 1.27. The van der Waals surface area contributed by atoms with Gasteiger partial charge in [-0.25, -0.2) is 0 Å². The van der Waals surface area contributed by atoms with Crippen molar-refractivity contribution < 1.29 is 14.5 Å². The summed E-state index contributed by atoms with van der Waals surface area (Å²) >= 11 is 0. The van der Waals surface area contributed by atoms with Crippen LogP contribution in [0.25, 0.3) is 10.8 Å². The molecule has 3 heteroatoms. The summed E-state index contributed by atoms with van der Waals surface area (Å²) in [5, 5.41) is 2.34. The summed E-state index contributed by atoms with van der Waals surface area (Å²) in [7, 11) is 0. The standard InChI is InChI=1S/C13H12O3/c1-2-4-11-7-12(6-5-10(11)3-1)16-15-9-13-8-14-13/h1-7,13H,8-9H2. The van der Waals surface area contributed by atoms with Crippen molar-refractivity contribution in [2.45, 2.75) is 6.10 Å². The molecule has 1 unspecified atom stereocenters. The van der Waals surface area contributed by atoms with Gasteiger partial charge in [-0.05, 0) is 22.9 Å². The van der Waals surface area contributed by atoms with Crippen molar-refractivity contribution in [2.24, 2.45) is 0 Å². The van der Waals surface area contributed by atoms with E-state index in [1.165, 1.54) is 5.39 Å². The van der Waals surface area contributed by atoms with Gasteiger partial charge >= 0.3 is 0 Å². The SMILES string of the molecule is c1ccc2cc(OOCC3CO3)ccc2c1. The predicted molar refractivity (Wildman–Crippen MR) is 60.3 cm³/mol. The number of benzene rings is 2. The first kappa shape index (κ1) is 9.63. The molecule has 0 spiro atoms. The van der Waals surface area contributed by atoms with Crippen LogP contribution in [-0.4, -0.2) is 19.3 Å². The van der Waals surface area contributed by atoms with Crippen LogP contribution in [0.2, 0.25) is 0 Å². The molecule has 1 aliphatic heterocycles. The molecule has 0 amide bonds. The van der Waals surface area contributed by atoms with Crippen LogP contribution in [0, 0.1) is 0 Å². The lowest BCUT2D eigenvalue weighted by Crippen LogP contribution is -2.04. The van der Waals surface area contributed by atoms with Crippen molar-refractivity contribution in [1.29, 1.82) is 0 Å². The summed E-state index contributed by atoms with van der Waals surface area (Å²) in [6.07, 6.45) is 0.223. The molecule has 1 fully saturated rings. The van der Waals surface area contributed by atoms with Gasteiger partial charge < -0.3 is 9.62 Å². The van der Waals surface area contributed by atoms with Gasteiger partial charge in [-0.2, -0.15) is 4.89 Å². The van der Waals surface area contributed by atoms with Crippen molar-refractivity contribution in [3.05, 3.63) is 42.5 Å². The maximum atomic E-state index is 5.18. The first-order valence-corrected chi connectivity index (χ1v) is 5.32. The molecule has 0 aliphatic carbocycles. The third-order valence-corrected chi connectivity index (χ3v) is 2.53. The number of rotatable bonds is 4. The summed E-state index contributed by atoms with van der Waals surface area (Å²) in [6, 6.07) is 14.0. The van der Waals surface area contributed by atoms with E-state index in [0.717, 1.165) is 17.7 Å². The van der Waals surface area contributed by atoms with Gasteiger partial charge in [0.15, 0.2) is 5.75 Å². The van der Waals surface area contributed by atoms with E-state index in [1.54, 1.807) is 0 Å². The van der Waals surface area contributed by atoms with Crippen LogP contribution in [0.1, 0.15) is 0 Å². The van der Waals surface area contributed by atoms with Gasteiger partial charge in [-0.3, -0.25) is 0 Å². The van der Waals surface area contributed by atoms with E-state index < -0.39 is 0 Å². The molecule has 0 bridgehead atoms. The minimum absolute atomic E-state index is 0.223. The first-order chi connectivity index (χ1) is 7.92. The van der Waals surface area contributed by atoms with Crippen LogP contribution in [0.15, 0.2) is 42.5 Å². The Kier molecular flexibility index (Phi) is 2.48. The molecule has 3 nitrogen and oxygen atoms in total. The Bertz CT molecular complexity index is 491. The highest BCUT2D eigenvalue weighted by Crippen LogP contribution is 2.21. The smallest absolute Gasteiger partial charge is 0.166 e. The highest BCUT2D eigenvalue weighted by atomic mass is 17.2. The zero-order valence-corrected chi connectivity index (χ0v) is 8.76. The lowest BCUT2D eigenvalue weighted by Gasteiger charge is -2.04. The van der Waals surface area contributed by atoms with Crippen molar-refractivity contribution in [3.63, 3.8) is 0 Å². The summed E-state index contributed by atoms with van der Waals surface area (Å²) in [5.74, 6) is 0.722. The monoisotopic (exact) mass is 216 g/mol. The van der Waals surface area contributed by atoms with Crippen LogP contribution in [0.4, 0.5) is 0 Å². The topological polar surface area (TPSA) is 31.0 Å². The number of fused-ring (bicyclic) bond motifs is 1. The van der Waals surface area contributed by atoms with Gasteiger partial charge in [0.1, 0.15) is 12.7 Å². The minimum atomic E-state index is 0.223. The third-order valence-electron chi connectivity index (χ3n) is 2.53.